The van der Waals surface area contributed by atoms with Gasteiger partial charge in [-0.1, -0.05) is 6.08 Å². The van der Waals surface area contributed by atoms with E-state index in [0.717, 1.165) is 30.6 Å². The van der Waals surface area contributed by atoms with Gasteiger partial charge in [-0.05, 0) is 55.5 Å². The highest BCUT2D eigenvalue weighted by atomic mass is 16.5. The molecule has 158 valence electrons. The van der Waals surface area contributed by atoms with Crippen LogP contribution < -0.4 is 19.9 Å². The van der Waals surface area contributed by atoms with E-state index >= 15 is 0 Å². The Bertz CT molecular complexity index is 978. The molecule has 6 heteroatoms. The molecule has 3 rings (SSSR count). The first-order chi connectivity index (χ1) is 14.5. The van der Waals surface area contributed by atoms with E-state index in [1.165, 1.54) is 6.08 Å². The molecule has 0 saturated carbocycles. The van der Waals surface area contributed by atoms with Gasteiger partial charge < -0.3 is 24.8 Å². The van der Waals surface area contributed by atoms with Crippen molar-refractivity contribution < 1.29 is 19.0 Å². The summed E-state index contributed by atoms with van der Waals surface area (Å²) in [5.74, 6) is 1.75. The van der Waals surface area contributed by atoms with E-state index in [-0.39, 0.29) is 5.78 Å². The molecular formula is C24H28N2O4. The number of benzene rings is 2. The number of likely N-dealkylation sites (N-methyl/N-ethyl adjacent to an activating group) is 1. The van der Waals surface area contributed by atoms with Gasteiger partial charge in [-0.25, -0.2) is 0 Å². The lowest BCUT2D eigenvalue weighted by atomic mass is 9.94. The predicted molar refractivity (Wildman–Crippen MR) is 120 cm³/mol. The number of carbonyl (C=O) groups is 1. The Labute approximate surface area is 177 Å². The molecule has 0 atom stereocenters. The average molecular weight is 408 g/mol. The van der Waals surface area contributed by atoms with Crippen molar-refractivity contribution in [3.63, 3.8) is 0 Å². The molecule has 1 heterocycles. The van der Waals surface area contributed by atoms with Gasteiger partial charge in [0, 0.05) is 30.4 Å². The van der Waals surface area contributed by atoms with Crippen LogP contribution in [0.15, 0.2) is 42.5 Å². The van der Waals surface area contributed by atoms with E-state index in [9.17, 15) is 4.79 Å². The van der Waals surface area contributed by atoms with Crippen LogP contribution in [0.2, 0.25) is 0 Å². The number of anilines is 1. The Morgan fingerprint density at radius 1 is 1.07 bits per heavy atom. The highest BCUT2D eigenvalue weighted by molar-refractivity contribution is 6.07. The lowest BCUT2D eigenvalue weighted by Gasteiger charge is -2.25. The molecule has 0 fully saturated rings. The predicted octanol–water partition coefficient (Wildman–Crippen LogP) is 3.91. The molecule has 0 amide bonds. The zero-order valence-electron chi connectivity index (χ0n) is 17.9. The molecule has 2 aromatic rings. The van der Waals surface area contributed by atoms with Crippen molar-refractivity contribution in [1.29, 1.82) is 0 Å². The van der Waals surface area contributed by atoms with Crippen LogP contribution in [0.5, 0.6) is 17.2 Å². The summed E-state index contributed by atoms with van der Waals surface area (Å²) >= 11 is 0. The summed E-state index contributed by atoms with van der Waals surface area (Å²) in [7, 11) is 6.92. The molecule has 0 aliphatic carbocycles. The number of nitrogen functional groups attached to an aromatic ring is 1. The normalized spacial score (nSPS) is 14.5. The number of carbonyl (C=O) groups excluding carboxylic acids is 1. The van der Waals surface area contributed by atoms with Gasteiger partial charge in [-0.15, -0.1) is 0 Å². The zero-order valence-corrected chi connectivity index (χ0v) is 17.9. The molecule has 30 heavy (non-hydrogen) atoms. The fourth-order valence-corrected chi connectivity index (χ4v) is 3.53. The van der Waals surface area contributed by atoms with Gasteiger partial charge in [-0.2, -0.15) is 0 Å². The standard InChI is InChI=1S/C24H28N2O4/c1-26-13-11-17(12-14-26)23-22(29-3)15-21(28-2)19(24(23)30-4)9-10-20(27)16-5-7-18(25)8-6-16/h5-11,15H,12-14,25H2,1-4H3/b10-9+. The third-order valence-corrected chi connectivity index (χ3v) is 5.22. The van der Waals surface area contributed by atoms with Gasteiger partial charge in [0.2, 0.25) is 0 Å². The fourth-order valence-electron chi connectivity index (χ4n) is 3.53. The van der Waals surface area contributed by atoms with Gasteiger partial charge >= 0.3 is 0 Å². The number of hydrogen-bond donors (Lipinski definition) is 1. The summed E-state index contributed by atoms with van der Waals surface area (Å²) in [6.07, 6.45) is 6.31. The molecule has 0 saturated heterocycles. The maximum Gasteiger partial charge on any atom is 0.185 e. The monoisotopic (exact) mass is 408 g/mol. The smallest absolute Gasteiger partial charge is 0.185 e. The van der Waals surface area contributed by atoms with E-state index in [4.69, 9.17) is 19.9 Å². The average Bonchev–Trinajstić information content (AvgIpc) is 2.77. The van der Waals surface area contributed by atoms with Crippen LogP contribution in [-0.2, 0) is 0 Å². The number of rotatable bonds is 7. The lowest BCUT2D eigenvalue weighted by molar-refractivity contribution is 0.104. The summed E-state index contributed by atoms with van der Waals surface area (Å²) in [6.45, 7) is 1.80. The molecule has 1 aliphatic rings. The molecular weight excluding hydrogens is 380 g/mol. The molecule has 1 aliphatic heterocycles. The van der Waals surface area contributed by atoms with Crippen LogP contribution >= 0.6 is 0 Å². The van der Waals surface area contributed by atoms with Crippen molar-refractivity contribution >= 4 is 23.1 Å². The quantitative estimate of drug-likeness (QED) is 0.425. The number of ether oxygens (including phenoxy) is 3. The van der Waals surface area contributed by atoms with Gasteiger partial charge in [0.25, 0.3) is 0 Å². The molecule has 0 radical (unpaired) electrons. The van der Waals surface area contributed by atoms with Crippen molar-refractivity contribution in [3.8, 4) is 17.2 Å². The highest BCUT2D eigenvalue weighted by Gasteiger charge is 2.23. The Morgan fingerprint density at radius 3 is 2.33 bits per heavy atom. The van der Waals surface area contributed by atoms with Gasteiger partial charge in [0.15, 0.2) is 5.78 Å². The summed E-state index contributed by atoms with van der Waals surface area (Å²) in [6, 6.07) is 8.67. The van der Waals surface area contributed by atoms with E-state index in [0.29, 0.717) is 34.1 Å². The van der Waals surface area contributed by atoms with E-state index in [1.807, 2.05) is 6.07 Å². The summed E-state index contributed by atoms with van der Waals surface area (Å²) in [5, 5.41) is 0. The van der Waals surface area contributed by atoms with E-state index in [1.54, 1.807) is 51.7 Å². The number of ketones is 1. The Hall–Kier alpha value is -3.25. The molecule has 0 unspecified atom stereocenters. The molecule has 0 aromatic heterocycles. The Kier molecular flexibility index (Phi) is 6.79. The highest BCUT2D eigenvalue weighted by Crippen LogP contribution is 2.45. The van der Waals surface area contributed by atoms with E-state index < -0.39 is 0 Å². The minimum Gasteiger partial charge on any atom is -0.496 e. The van der Waals surface area contributed by atoms with Crippen molar-refractivity contribution in [3.05, 3.63) is 59.2 Å². The van der Waals surface area contributed by atoms with E-state index in [2.05, 4.69) is 18.0 Å². The van der Waals surface area contributed by atoms with Crippen LogP contribution in [-0.4, -0.2) is 52.1 Å². The second-order valence-corrected chi connectivity index (χ2v) is 7.16. The van der Waals surface area contributed by atoms with Crippen LogP contribution in [0, 0.1) is 0 Å². The topological polar surface area (TPSA) is 74.0 Å². The van der Waals surface area contributed by atoms with Crippen molar-refractivity contribution in [2.45, 2.75) is 6.42 Å². The minimum atomic E-state index is -0.130. The summed E-state index contributed by atoms with van der Waals surface area (Å²) in [4.78, 5) is 14.9. The third kappa shape index (κ3) is 4.49. The van der Waals surface area contributed by atoms with Crippen LogP contribution in [0.4, 0.5) is 5.69 Å². The maximum absolute atomic E-state index is 12.6. The second kappa shape index (κ2) is 9.50. The summed E-state index contributed by atoms with van der Waals surface area (Å²) in [5.41, 5.74) is 9.63. The fraction of sp³-hybridized carbons (Fsp3) is 0.292. The van der Waals surface area contributed by atoms with Crippen LogP contribution in [0.3, 0.4) is 0 Å². The lowest BCUT2D eigenvalue weighted by Crippen LogP contribution is -2.24. The van der Waals surface area contributed by atoms with Crippen molar-refractivity contribution in [1.82, 2.24) is 4.90 Å². The first-order valence-corrected chi connectivity index (χ1v) is 9.77. The minimum absolute atomic E-state index is 0.130. The number of nitrogens with two attached hydrogens (primary N) is 1. The molecule has 0 bridgehead atoms. The third-order valence-electron chi connectivity index (χ3n) is 5.22. The molecule has 6 nitrogen and oxygen atoms in total. The Morgan fingerprint density at radius 2 is 1.77 bits per heavy atom. The first kappa shape index (κ1) is 21.5. The van der Waals surface area contributed by atoms with Crippen molar-refractivity contribution in [2.24, 2.45) is 0 Å². The Balaban J connectivity index is 2.07. The SMILES string of the molecule is COc1cc(OC)c(C2=CCN(C)CC2)c(OC)c1/C=C/C(=O)c1ccc(N)cc1. The summed E-state index contributed by atoms with van der Waals surface area (Å²) < 4.78 is 17.0. The first-order valence-electron chi connectivity index (χ1n) is 9.77. The zero-order chi connectivity index (χ0) is 21.7. The molecule has 0 spiro atoms. The largest absolute Gasteiger partial charge is 0.496 e. The van der Waals surface area contributed by atoms with Gasteiger partial charge in [0.05, 0.1) is 32.5 Å². The van der Waals surface area contributed by atoms with Gasteiger partial charge in [-0.3, -0.25) is 4.79 Å². The second-order valence-electron chi connectivity index (χ2n) is 7.16. The van der Waals surface area contributed by atoms with Crippen LogP contribution in [0.1, 0.15) is 27.9 Å². The molecule has 2 N–H and O–H groups in total. The van der Waals surface area contributed by atoms with Crippen molar-refractivity contribution in [2.75, 3.05) is 47.2 Å². The van der Waals surface area contributed by atoms with Gasteiger partial charge in [0.1, 0.15) is 17.2 Å². The number of methoxy groups -OCH3 is 3. The molecule has 2 aromatic carbocycles. The van der Waals surface area contributed by atoms with Crippen LogP contribution in [0.25, 0.3) is 11.6 Å². The number of hydrogen-bond acceptors (Lipinski definition) is 6. The number of allylic oxidation sites excluding steroid dienone is 1. The maximum atomic E-state index is 12.6. The number of nitrogens with zero attached hydrogens (tertiary/aromatic N) is 1.